The van der Waals surface area contributed by atoms with Gasteiger partial charge in [-0.15, -0.1) is 0 Å². The number of benzene rings is 1. The number of hydrogen-bond donors (Lipinski definition) is 2. The smallest absolute Gasteiger partial charge is 0.161 e. The zero-order chi connectivity index (χ0) is 10.0. The topological polar surface area (TPSA) is 92.9 Å². The molecule has 0 amide bonds. The Morgan fingerprint density at radius 2 is 2.00 bits per heavy atom. The predicted molar refractivity (Wildman–Crippen MR) is 50.0 cm³/mol. The Morgan fingerprint density at radius 1 is 1.38 bits per heavy atom. The van der Waals surface area contributed by atoms with E-state index in [9.17, 15) is 4.79 Å². The van der Waals surface area contributed by atoms with E-state index in [1.807, 2.05) is 6.07 Å². The summed E-state index contributed by atoms with van der Waals surface area (Å²) in [6, 6.07) is 4.72. The summed E-state index contributed by atoms with van der Waals surface area (Å²) in [6.07, 6.45) is 0. The Kier molecular flexibility index (Phi) is 2.20. The molecule has 4 nitrogen and oxygen atoms in total. The van der Waals surface area contributed by atoms with E-state index in [1.54, 1.807) is 0 Å². The molecule has 0 fully saturated rings. The van der Waals surface area contributed by atoms with E-state index in [2.05, 4.69) is 0 Å². The zero-order valence-corrected chi connectivity index (χ0v) is 7.16. The van der Waals surface area contributed by atoms with Gasteiger partial charge in [0, 0.05) is 11.3 Å². The number of nitrogens with zero attached hydrogens (tertiary/aromatic N) is 1. The number of nitrogen functional groups attached to an aromatic ring is 2. The molecule has 0 saturated heterocycles. The van der Waals surface area contributed by atoms with Crippen molar-refractivity contribution < 1.29 is 4.79 Å². The van der Waals surface area contributed by atoms with Crippen molar-refractivity contribution in [3.63, 3.8) is 0 Å². The van der Waals surface area contributed by atoms with Crippen molar-refractivity contribution >= 4 is 17.2 Å². The standard InChI is InChI=1S/C9H9N3O/c1-5(13)7-3-8(11)6(4-10)2-9(7)12/h2-3H,11-12H2,1H3. The fraction of sp³-hybridized carbons (Fsp3) is 0.111. The van der Waals surface area contributed by atoms with Crippen LogP contribution in [0, 0.1) is 11.3 Å². The van der Waals surface area contributed by atoms with Crippen LogP contribution < -0.4 is 11.5 Å². The van der Waals surface area contributed by atoms with Crippen LogP contribution >= 0.6 is 0 Å². The highest BCUT2D eigenvalue weighted by Crippen LogP contribution is 2.20. The lowest BCUT2D eigenvalue weighted by Gasteiger charge is -2.04. The fourth-order valence-corrected chi connectivity index (χ4v) is 1.03. The Morgan fingerprint density at radius 3 is 2.46 bits per heavy atom. The molecule has 1 rings (SSSR count). The van der Waals surface area contributed by atoms with Gasteiger partial charge in [0.2, 0.25) is 0 Å². The van der Waals surface area contributed by atoms with Crippen molar-refractivity contribution in [2.45, 2.75) is 6.92 Å². The molecule has 0 spiro atoms. The summed E-state index contributed by atoms with van der Waals surface area (Å²) in [7, 11) is 0. The van der Waals surface area contributed by atoms with Gasteiger partial charge in [0.1, 0.15) is 6.07 Å². The van der Waals surface area contributed by atoms with Crippen LogP contribution in [0.2, 0.25) is 0 Å². The molecule has 0 aliphatic rings. The van der Waals surface area contributed by atoms with E-state index < -0.39 is 0 Å². The molecule has 13 heavy (non-hydrogen) atoms. The second kappa shape index (κ2) is 3.15. The Bertz CT molecular complexity index is 404. The van der Waals surface area contributed by atoms with Crippen molar-refractivity contribution in [2.24, 2.45) is 0 Å². The van der Waals surface area contributed by atoms with Crippen molar-refractivity contribution in [2.75, 3.05) is 11.5 Å². The molecular weight excluding hydrogens is 166 g/mol. The summed E-state index contributed by atoms with van der Waals surface area (Å²) in [5, 5.41) is 8.60. The minimum absolute atomic E-state index is 0.159. The number of nitrogens with two attached hydrogens (primary N) is 2. The number of nitriles is 1. The van der Waals surface area contributed by atoms with Gasteiger partial charge in [-0.1, -0.05) is 0 Å². The van der Waals surface area contributed by atoms with Crippen LogP contribution in [0.25, 0.3) is 0 Å². The summed E-state index contributed by atoms with van der Waals surface area (Å²) >= 11 is 0. The number of carbonyl (C=O) groups excluding carboxylic acids is 1. The van der Waals surface area contributed by atoms with Crippen LogP contribution in [0.3, 0.4) is 0 Å². The number of Topliss-reactive ketones (excluding diaryl/α,β-unsaturated/α-hetero) is 1. The Hall–Kier alpha value is -2.02. The number of anilines is 2. The van der Waals surface area contributed by atoms with Gasteiger partial charge in [-0.3, -0.25) is 4.79 Å². The SMILES string of the molecule is CC(=O)c1cc(N)c(C#N)cc1N. The Labute approximate surface area is 75.8 Å². The number of rotatable bonds is 1. The first-order valence-electron chi connectivity index (χ1n) is 3.66. The summed E-state index contributed by atoms with van der Waals surface area (Å²) in [5.41, 5.74) is 12.3. The summed E-state index contributed by atoms with van der Waals surface area (Å²) in [4.78, 5) is 11.0. The summed E-state index contributed by atoms with van der Waals surface area (Å²) in [5.74, 6) is -0.159. The Balaban J connectivity index is 3.39. The zero-order valence-electron chi connectivity index (χ0n) is 7.16. The first-order valence-corrected chi connectivity index (χ1v) is 3.66. The highest BCUT2D eigenvalue weighted by molar-refractivity contribution is 6.00. The molecular formula is C9H9N3O. The number of ketones is 1. The normalized spacial score (nSPS) is 9.23. The van der Waals surface area contributed by atoms with E-state index in [4.69, 9.17) is 16.7 Å². The second-order valence-corrected chi connectivity index (χ2v) is 2.69. The van der Waals surface area contributed by atoms with Crippen LogP contribution in [0.4, 0.5) is 11.4 Å². The monoisotopic (exact) mass is 175 g/mol. The van der Waals surface area contributed by atoms with Crippen LogP contribution in [0.5, 0.6) is 0 Å². The maximum absolute atomic E-state index is 11.0. The minimum Gasteiger partial charge on any atom is -0.398 e. The molecule has 0 aliphatic heterocycles. The number of carbonyl (C=O) groups is 1. The van der Waals surface area contributed by atoms with Crippen molar-refractivity contribution in [3.8, 4) is 6.07 Å². The van der Waals surface area contributed by atoms with E-state index in [-0.39, 0.29) is 11.5 Å². The van der Waals surface area contributed by atoms with Gasteiger partial charge in [0.15, 0.2) is 5.78 Å². The highest BCUT2D eigenvalue weighted by Gasteiger charge is 2.08. The van der Waals surface area contributed by atoms with Gasteiger partial charge < -0.3 is 11.5 Å². The van der Waals surface area contributed by atoms with E-state index in [0.717, 1.165) is 0 Å². The summed E-state index contributed by atoms with van der Waals surface area (Å²) in [6.45, 7) is 1.40. The predicted octanol–water partition coefficient (Wildman–Crippen LogP) is 0.925. The van der Waals surface area contributed by atoms with Gasteiger partial charge in [-0.25, -0.2) is 0 Å². The van der Waals surface area contributed by atoms with E-state index >= 15 is 0 Å². The molecule has 0 atom stereocenters. The molecule has 0 radical (unpaired) electrons. The third-order valence-corrected chi connectivity index (χ3v) is 1.72. The highest BCUT2D eigenvalue weighted by atomic mass is 16.1. The van der Waals surface area contributed by atoms with Gasteiger partial charge in [-0.2, -0.15) is 5.26 Å². The third kappa shape index (κ3) is 1.59. The minimum atomic E-state index is -0.159. The van der Waals surface area contributed by atoms with Crippen molar-refractivity contribution in [1.82, 2.24) is 0 Å². The lowest BCUT2D eigenvalue weighted by Crippen LogP contribution is -2.02. The van der Waals surface area contributed by atoms with Gasteiger partial charge in [0.25, 0.3) is 0 Å². The molecule has 1 aromatic rings. The molecule has 1 aromatic carbocycles. The molecule has 0 unspecified atom stereocenters. The van der Waals surface area contributed by atoms with Gasteiger partial charge in [-0.05, 0) is 19.1 Å². The second-order valence-electron chi connectivity index (χ2n) is 2.69. The molecule has 0 bridgehead atoms. The van der Waals surface area contributed by atoms with Crippen LogP contribution in [0.15, 0.2) is 12.1 Å². The van der Waals surface area contributed by atoms with Gasteiger partial charge >= 0.3 is 0 Å². The molecule has 0 heterocycles. The van der Waals surface area contributed by atoms with Gasteiger partial charge in [0.05, 0.1) is 11.3 Å². The lowest BCUT2D eigenvalue weighted by molar-refractivity contribution is 0.101. The molecule has 66 valence electrons. The van der Waals surface area contributed by atoms with Crippen LogP contribution in [0.1, 0.15) is 22.8 Å². The molecule has 4 N–H and O–H groups in total. The average molecular weight is 175 g/mol. The average Bonchev–Trinajstić information content (AvgIpc) is 2.07. The number of hydrogen-bond acceptors (Lipinski definition) is 4. The van der Waals surface area contributed by atoms with E-state index in [1.165, 1.54) is 19.1 Å². The molecule has 0 aliphatic carbocycles. The fourth-order valence-electron chi connectivity index (χ4n) is 1.03. The lowest BCUT2D eigenvalue weighted by atomic mass is 10.1. The first kappa shape index (κ1) is 9.07. The molecule has 4 heteroatoms. The first-order chi connectivity index (χ1) is 6.06. The quantitative estimate of drug-likeness (QED) is 0.490. The maximum Gasteiger partial charge on any atom is 0.161 e. The van der Waals surface area contributed by atoms with Crippen LogP contribution in [-0.2, 0) is 0 Å². The van der Waals surface area contributed by atoms with E-state index in [0.29, 0.717) is 16.8 Å². The van der Waals surface area contributed by atoms with Crippen LogP contribution in [-0.4, -0.2) is 5.78 Å². The molecule has 0 aromatic heterocycles. The molecule has 0 saturated carbocycles. The third-order valence-electron chi connectivity index (χ3n) is 1.72. The largest absolute Gasteiger partial charge is 0.398 e. The van der Waals surface area contributed by atoms with Crippen molar-refractivity contribution in [3.05, 3.63) is 23.3 Å². The maximum atomic E-state index is 11.0. The van der Waals surface area contributed by atoms with Crippen molar-refractivity contribution in [1.29, 1.82) is 5.26 Å². The summed E-state index contributed by atoms with van der Waals surface area (Å²) < 4.78 is 0.